The van der Waals surface area contributed by atoms with Gasteiger partial charge in [0.25, 0.3) is 0 Å². The Kier molecular flexibility index (Phi) is 3.35. The summed E-state index contributed by atoms with van der Waals surface area (Å²) in [5.74, 6) is 0.675. The monoisotopic (exact) mass is 273 g/mol. The van der Waals surface area contributed by atoms with E-state index in [4.69, 9.17) is 27.9 Å². The Balaban J connectivity index is 2.32. The van der Waals surface area contributed by atoms with E-state index in [1.54, 1.807) is 20.2 Å². The van der Waals surface area contributed by atoms with E-state index in [9.17, 15) is 0 Å². The molecule has 0 saturated heterocycles. The van der Waals surface area contributed by atoms with E-state index in [2.05, 4.69) is 20.4 Å². The number of rotatable bonds is 3. The molecular formula is C9H9Cl2N5O. The van der Waals surface area contributed by atoms with E-state index in [1.165, 1.54) is 11.0 Å². The van der Waals surface area contributed by atoms with E-state index in [0.717, 1.165) is 0 Å². The molecule has 90 valence electrons. The summed E-state index contributed by atoms with van der Waals surface area (Å²) in [5.41, 5.74) is 0. The molecule has 2 rings (SSSR count). The standard InChI is InChI=1S/C9H9Cl2N5O/c1-12-7-5(10)3-6(11)8(14-7)17-9-13-4-16(2)15-9/h3-4H,1-2H3,(H,12,14). The molecule has 0 radical (unpaired) electrons. The third-order valence-corrected chi connectivity index (χ3v) is 2.46. The molecular weight excluding hydrogens is 265 g/mol. The minimum Gasteiger partial charge on any atom is -0.402 e. The molecule has 0 atom stereocenters. The summed E-state index contributed by atoms with van der Waals surface area (Å²) in [6.07, 6.45) is 1.51. The van der Waals surface area contributed by atoms with Gasteiger partial charge in [-0.2, -0.15) is 9.97 Å². The number of hydrogen-bond donors (Lipinski definition) is 1. The summed E-state index contributed by atoms with van der Waals surface area (Å²) in [7, 11) is 3.43. The summed E-state index contributed by atoms with van der Waals surface area (Å²) < 4.78 is 6.85. The summed E-state index contributed by atoms with van der Waals surface area (Å²) >= 11 is 11.9. The van der Waals surface area contributed by atoms with E-state index in [0.29, 0.717) is 15.9 Å². The highest BCUT2D eigenvalue weighted by molar-refractivity contribution is 6.36. The number of nitrogens with zero attached hydrogens (tertiary/aromatic N) is 4. The zero-order valence-electron chi connectivity index (χ0n) is 9.11. The summed E-state index contributed by atoms with van der Waals surface area (Å²) in [4.78, 5) is 8.02. The van der Waals surface area contributed by atoms with Gasteiger partial charge in [0.15, 0.2) is 0 Å². The van der Waals surface area contributed by atoms with E-state index < -0.39 is 0 Å². The molecule has 0 unspecified atom stereocenters. The quantitative estimate of drug-likeness (QED) is 0.930. The molecule has 0 aliphatic rings. The van der Waals surface area contributed by atoms with Crippen LogP contribution in [0, 0.1) is 0 Å². The third kappa shape index (κ3) is 2.59. The first-order valence-corrected chi connectivity index (χ1v) is 5.43. The van der Waals surface area contributed by atoms with Crippen LogP contribution in [0.4, 0.5) is 5.82 Å². The first kappa shape index (κ1) is 11.9. The van der Waals surface area contributed by atoms with E-state index in [1.807, 2.05) is 0 Å². The van der Waals surface area contributed by atoms with Crippen LogP contribution in [0.25, 0.3) is 0 Å². The third-order valence-electron chi connectivity index (χ3n) is 1.90. The Morgan fingerprint density at radius 3 is 2.71 bits per heavy atom. The number of anilines is 1. The van der Waals surface area contributed by atoms with Crippen molar-refractivity contribution >= 4 is 29.0 Å². The fourth-order valence-electron chi connectivity index (χ4n) is 1.15. The van der Waals surface area contributed by atoms with Crippen molar-refractivity contribution in [2.75, 3.05) is 12.4 Å². The molecule has 17 heavy (non-hydrogen) atoms. The van der Waals surface area contributed by atoms with Crippen LogP contribution in [0.2, 0.25) is 10.0 Å². The minimum absolute atomic E-state index is 0.172. The first-order chi connectivity index (χ1) is 8.10. The van der Waals surface area contributed by atoms with Gasteiger partial charge in [-0.3, -0.25) is 4.68 Å². The lowest BCUT2D eigenvalue weighted by molar-refractivity contribution is 0.423. The van der Waals surface area contributed by atoms with Crippen LogP contribution in [0.3, 0.4) is 0 Å². The Hall–Kier alpha value is -1.53. The molecule has 2 aromatic rings. The second kappa shape index (κ2) is 4.77. The van der Waals surface area contributed by atoms with Crippen LogP contribution in [0.15, 0.2) is 12.4 Å². The van der Waals surface area contributed by atoms with Gasteiger partial charge in [-0.1, -0.05) is 23.2 Å². The zero-order valence-corrected chi connectivity index (χ0v) is 10.6. The number of nitrogens with one attached hydrogen (secondary N) is 1. The van der Waals surface area contributed by atoms with Gasteiger partial charge in [-0.15, -0.1) is 5.10 Å². The zero-order chi connectivity index (χ0) is 12.4. The van der Waals surface area contributed by atoms with Gasteiger partial charge in [0, 0.05) is 14.1 Å². The van der Waals surface area contributed by atoms with Gasteiger partial charge >= 0.3 is 6.01 Å². The SMILES string of the molecule is CNc1nc(Oc2ncn(C)n2)c(Cl)cc1Cl. The Morgan fingerprint density at radius 2 is 2.12 bits per heavy atom. The van der Waals surface area contributed by atoms with Gasteiger partial charge in [0.1, 0.15) is 17.2 Å². The number of pyridine rings is 1. The average Bonchev–Trinajstić information content (AvgIpc) is 2.68. The summed E-state index contributed by atoms with van der Waals surface area (Å²) in [5, 5.41) is 7.49. The second-order valence-corrected chi connectivity index (χ2v) is 3.97. The predicted octanol–water partition coefficient (Wildman–Crippen LogP) is 2.35. The number of aromatic nitrogens is 4. The second-order valence-electron chi connectivity index (χ2n) is 3.16. The van der Waals surface area contributed by atoms with Crippen molar-refractivity contribution in [2.45, 2.75) is 0 Å². The van der Waals surface area contributed by atoms with Gasteiger partial charge in [-0.05, 0) is 6.07 Å². The van der Waals surface area contributed by atoms with Gasteiger partial charge in [0.2, 0.25) is 5.88 Å². The minimum atomic E-state index is 0.172. The number of aryl methyl sites for hydroxylation is 1. The van der Waals surface area contributed by atoms with Crippen molar-refractivity contribution in [1.29, 1.82) is 0 Å². The molecule has 0 aliphatic heterocycles. The topological polar surface area (TPSA) is 64.9 Å². The molecule has 8 heteroatoms. The maximum Gasteiger partial charge on any atom is 0.342 e. The highest BCUT2D eigenvalue weighted by atomic mass is 35.5. The van der Waals surface area contributed by atoms with Crippen molar-refractivity contribution in [1.82, 2.24) is 19.7 Å². The van der Waals surface area contributed by atoms with Crippen molar-refractivity contribution in [3.63, 3.8) is 0 Å². The molecule has 0 fully saturated rings. The highest BCUT2D eigenvalue weighted by Crippen LogP contribution is 2.32. The largest absolute Gasteiger partial charge is 0.402 e. The highest BCUT2D eigenvalue weighted by Gasteiger charge is 2.12. The van der Waals surface area contributed by atoms with Crippen LogP contribution in [0.5, 0.6) is 11.9 Å². The van der Waals surface area contributed by atoms with E-state index in [-0.39, 0.29) is 11.9 Å². The first-order valence-electron chi connectivity index (χ1n) is 4.67. The van der Waals surface area contributed by atoms with Crippen molar-refractivity contribution in [2.24, 2.45) is 7.05 Å². The smallest absolute Gasteiger partial charge is 0.342 e. The number of hydrogen-bond acceptors (Lipinski definition) is 5. The number of halogens is 2. The van der Waals surface area contributed by atoms with Crippen molar-refractivity contribution < 1.29 is 4.74 Å². The Bertz CT molecular complexity index is 542. The lowest BCUT2D eigenvalue weighted by atomic mass is 10.4. The Morgan fingerprint density at radius 1 is 1.35 bits per heavy atom. The molecule has 0 bridgehead atoms. The maximum atomic E-state index is 5.95. The van der Waals surface area contributed by atoms with Crippen LogP contribution >= 0.6 is 23.2 Å². The molecule has 2 heterocycles. The van der Waals surface area contributed by atoms with Crippen molar-refractivity contribution in [3.8, 4) is 11.9 Å². The fraction of sp³-hybridized carbons (Fsp3) is 0.222. The van der Waals surface area contributed by atoms with Crippen molar-refractivity contribution in [3.05, 3.63) is 22.4 Å². The van der Waals surface area contributed by atoms with Gasteiger partial charge in [0.05, 0.1) is 5.02 Å². The van der Waals surface area contributed by atoms with Crippen LogP contribution in [-0.4, -0.2) is 26.8 Å². The van der Waals surface area contributed by atoms with E-state index >= 15 is 0 Å². The molecule has 0 saturated carbocycles. The lowest BCUT2D eigenvalue weighted by Crippen LogP contribution is -1.98. The molecule has 0 spiro atoms. The maximum absolute atomic E-state index is 5.95. The summed E-state index contributed by atoms with van der Waals surface area (Å²) in [6, 6.07) is 1.71. The van der Waals surface area contributed by atoms with Gasteiger partial charge < -0.3 is 10.1 Å². The van der Waals surface area contributed by atoms with Crippen LogP contribution in [0.1, 0.15) is 0 Å². The molecule has 0 aromatic carbocycles. The molecule has 0 amide bonds. The normalized spacial score (nSPS) is 10.4. The van der Waals surface area contributed by atoms with Crippen LogP contribution in [-0.2, 0) is 7.05 Å². The van der Waals surface area contributed by atoms with Crippen LogP contribution < -0.4 is 10.1 Å². The molecule has 0 aliphatic carbocycles. The fourth-order valence-corrected chi connectivity index (χ4v) is 1.64. The molecule has 1 N–H and O–H groups in total. The molecule has 6 nitrogen and oxygen atoms in total. The van der Waals surface area contributed by atoms with Gasteiger partial charge in [-0.25, -0.2) is 0 Å². The Labute approximate surface area is 108 Å². The number of ether oxygens (including phenoxy) is 1. The predicted molar refractivity (Wildman–Crippen MR) is 64.9 cm³/mol. The lowest BCUT2D eigenvalue weighted by Gasteiger charge is -2.07. The average molecular weight is 274 g/mol. The molecule has 2 aromatic heterocycles. The summed E-state index contributed by atoms with van der Waals surface area (Å²) in [6.45, 7) is 0.